The lowest BCUT2D eigenvalue weighted by molar-refractivity contribution is -0.0494. The molecule has 2 aromatic heterocycles. The first-order chi connectivity index (χ1) is 13.4. The molecule has 1 aliphatic heterocycles. The first-order valence-electron chi connectivity index (χ1n) is 10.0. The third-order valence-electron chi connectivity index (χ3n) is 5.51. The minimum atomic E-state index is -0.259. The van der Waals surface area contributed by atoms with Crippen LogP contribution < -0.4 is 0 Å². The molecule has 3 heterocycles. The molecular weight excluding hydrogens is 350 g/mol. The van der Waals surface area contributed by atoms with Crippen molar-refractivity contribution in [2.75, 3.05) is 7.11 Å². The normalized spacial score (nSPS) is 24.6. The van der Waals surface area contributed by atoms with E-state index in [9.17, 15) is 0 Å². The molecule has 2 aromatic rings. The Bertz CT molecular complexity index is 952. The molecule has 0 radical (unpaired) electrons. The van der Waals surface area contributed by atoms with Crippen LogP contribution in [0.15, 0.2) is 60.3 Å². The number of ether oxygens (including phenoxy) is 2. The summed E-state index contributed by atoms with van der Waals surface area (Å²) in [5.74, 6) is 1.60. The first kappa shape index (κ1) is 18.9. The third kappa shape index (κ3) is 3.39. The molecule has 0 saturated carbocycles. The van der Waals surface area contributed by atoms with E-state index >= 15 is 0 Å². The summed E-state index contributed by atoms with van der Waals surface area (Å²) < 4.78 is 14.5. The summed E-state index contributed by atoms with van der Waals surface area (Å²) >= 11 is 0. The molecule has 5 heteroatoms. The summed E-state index contributed by atoms with van der Waals surface area (Å²) in [6.07, 6.45) is 13.4. The number of methoxy groups -OCH3 is 1. The van der Waals surface area contributed by atoms with E-state index in [4.69, 9.17) is 9.47 Å². The topological polar surface area (TPSA) is 49.2 Å². The number of nitrogens with zero attached hydrogens (tertiary/aromatic N) is 3. The smallest absolute Gasteiger partial charge is 0.177 e. The van der Waals surface area contributed by atoms with Gasteiger partial charge in [0.15, 0.2) is 5.65 Å². The molecule has 5 nitrogen and oxygen atoms in total. The van der Waals surface area contributed by atoms with Crippen molar-refractivity contribution in [2.45, 2.75) is 51.9 Å². The minimum absolute atomic E-state index is 0.000372. The van der Waals surface area contributed by atoms with Gasteiger partial charge in [0.2, 0.25) is 0 Å². The van der Waals surface area contributed by atoms with Crippen molar-refractivity contribution in [1.29, 1.82) is 0 Å². The monoisotopic (exact) mass is 379 g/mol. The van der Waals surface area contributed by atoms with Gasteiger partial charge in [-0.1, -0.05) is 38.2 Å². The van der Waals surface area contributed by atoms with Crippen LogP contribution >= 0.6 is 0 Å². The van der Waals surface area contributed by atoms with Crippen molar-refractivity contribution >= 4 is 11.2 Å². The molecule has 0 N–H and O–H groups in total. The van der Waals surface area contributed by atoms with Crippen LogP contribution in [0.2, 0.25) is 0 Å². The van der Waals surface area contributed by atoms with E-state index in [1.54, 1.807) is 13.3 Å². The van der Waals surface area contributed by atoms with Gasteiger partial charge in [0.1, 0.15) is 5.76 Å². The molecule has 28 heavy (non-hydrogen) atoms. The van der Waals surface area contributed by atoms with Crippen LogP contribution in [0.4, 0.5) is 0 Å². The highest BCUT2D eigenvalue weighted by molar-refractivity contribution is 5.70. The Morgan fingerprint density at radius 3 is 2.82 bits per heavy atom. The highest BCUT2D eigenvalue weighted by Gasteiger charge is 2.37. The number of hydrogen-bond acceptors (Lipinski definition) is 4. The third-order valence-corrected chi connectivity index (χ3v) is 5.51. The van der Waals surface area contributed by atoms with E-state index in [1.807, 2.05) is 12.4 Å². The molecule has 0 bridgehead atoms. The van der Waals surface area contributed by atoms with E-state index in [-0.39, 0.29) is 23.7 Å². The van der Waals surface area contributed by atoms with Gasteiger partial charge in [0.25, 0.3) is 0 Å². The average Bonchev–Trinajstić information content (AvgIpc) is 3.08. The molecule has 4 rings (SSSR count). The second kappa shape index (κ2) is 7.21. The van der Waals surface area contributed by atoms with Crippen molar-refractivity contribution in [3.8, 4) is 0 Å². The molecule has 2 aliphatic rings. The van der Waals surface area contributed by atoms with Gasteiger partial charge in [-0.25, -0.2) is 9.97 Å². The second-order valence-corrected chi connectivity index (χ2v) is 8.60. The molecule has 0 spiro atoms. The molecule has 3 unspecified atom stereocenters. The van der Waals surface area contributed by atoms with Gasteiger partial charge in [-0.15, -0.1) is 0 Å². The maximum Gasteiger partial charge on any atom is 0.177 e. The Morgan fingerprint density at radius 2 is 2.07 bits per heavy atom. The fraction of sp³-hybridized carbons (Fsp3) is 0.478. The molecule has 0 aromatic carbocycles. The number of allylic oxidation sites excluding steroid dienone is 2. The fourth-order valence-corrected chi connectivity index (χ4v) is 4.26. The van der Waals surface area contributed by atoms with Gasteiger partial charge in [-0.3, -0.25) is 0 Å². The number of aromatic nitrogens is 3. The Kier molecular flexibility index (Phi) is 4.88. The molecule has 0 saturated heterocycles. The van der Waals surface area contributed by atoms with E-state index in [1.165, 1.54) is 5.57 Å². The maximum atomic E-state index is 6.26. The van der Waals surface area contributed by atoms with E-state index in [0.717, 1.165) is 23.3 Å². The lowest BCUT2D eigenvalue weighted by atomic mass is 9.83. The van der Waals surface area contributed by atoms with Crippen molar-refractivity contribution in [1.82, 2.24) is 14.5 Å². The van der Waals surface area contributed by atoms with Crippen molar-refractivity contribution < 1.29 is 9.47 Å². The second-order valence-electron chi connectivity index (χ2n) is 8.60. The van der Waals surface area contributed by atoms with E-state index < -0.39 is 0 Å². The highest BCUT2D eigenvalue weighted by atomic mass is 16.5. The average molecular weight is 380 g/mol. The SMILES string of the molecule is COC1=C(C(CC(C)C)n2cnc3ncccc32)C=CC2OC(C)(C)C=CC12. The maximum absolute atomic E-state index is 6.26. The summed E-state index contributed by atoms with van der Waals surface area (Å²) in [5.41, 5.74) is 2.75. The molecular formula is C23H29N3O2. The van der Waals surface area contributed by atoms with Crippen LogP contribution in [0.25, 0.3) is 11.2 Å². The largest absolute Gasteiger partial charge is 0.500 e. The zero-order valence-corrected chi connectivity index (χ0v) is 17.3. The van der Waals surface area contributed by atoms with Gasteiger partial charge in [0.05, 0.1) is 42.6 Å². The van der Waals surface area contributed by atoms with Crippen LogP contribution in [0, 0.1) is 11.8 Å². The van der Waals surface area contributed by atoms with Gasteiger partial charge in [-0.2, -0.15) is 0 Å². The van der Waals surface area contributed by atoms with Crippen molar-refractivity contribution in [3.63, 3.8) is 0 Å². The van der Waals surface area contributed by atoms with Crippen LogP contribution in [-0.2, 0) is 9.47 Å². The lowest BCUT2D eigenvalue weighted by Gasteiger charge is -2.39. The van der Waals surface area contributed by atoms with Crippen LogP contribution in [0.3, 0.4) is 0 Å². The molecule has 3 atom stereocenters. The number of rotatable bonds is 5. The minimum Gasteiger partial charge on any atom is -0.500 e. The summed E-state index contributed by atoms with van der Waals surface area (Å²) in [4.78, 5) is 8.92. The van der Waals surface area contributed by atoms with Gasteiger partial charge >= 0.3 is 0 Å². The number of hydrogen-bond donors (Lipinski definition) is 0. The quantitative estimate of drug-likeness (QED) is 0.698. The van der Waals surface area contributed by atoms with Gasteiger partial charge in [-0.05, 0) is 38.3 Å². The lowest BCUT2D eigenvalue weighted by Crippen LogP contribution is -2.39. The molecule has 148 valence electrons. The van der Waals surface area contributed by atoms with Crippen LogP contribution in [0.5, 0.6) is 0 Å². The summed E-state index contributed by atoms with van der Waals surface area (Å²) in [6.45, 7) is 8.68. The van der Waals surface area contributed by atoms with Crippen LogP contribution in [0.1, 0.15) is 40.2 Å². The molecule has 0 amide bonds. The zero-order chi connectivity index (χ0) is 19.9. The summed E-state index contributed by atoms with van der Waals surface area (Å²) in [5, 5.41) is 0. The summed E-state index contributed by atoms with van der Waals surface area (Å²) in [7, 11) is 1.76. The van der Waals surface area contributed by atoms with Crippen molar-refractivity contribution in [2.24, 2.45) is 11.8 Å². The highest BCUT2D eigenvalue weighted by Crippen LogP contribution is 2.41. The Balaban J connectivity index is 1.82. The summed E-state index contributed by atoms with van der Waals surface area (Å²) in [6, 6.07) is 4.17. The van der Waals surface area contributed by atoms with E-state index in [2.05, 4.69) is 72.6 Å². The number of fused-ring (bicyclic) bond motifs is 2. The van der Waals surface area contributed by atoms with E-state index in [0.29, 0.717) is 5.92 Å². The zero-order valence-electron chi connectivity index (χ0n) is 17.3. The Morgan fingerprint density at radius 1 is 1.25 bits per heavy atom. The van der Waals surface area contributed by atoms with Crippen molar-refractivity contribution in [3.05, 3.63) is 60.3 Å². The van der Waals surface area contributed by atoms with Crippen LogP contribution in [-0.4, -0.2) is 33.3 Å². The Hall–Kier alpha value is -2.40. The Labute approximate surface area is 166 Å². The van der Waals surface area contributed by atoms with Gasteiger partial charge in [0, 0.05) is 11.8 Å². The fourth-order valence-electron chi connectivity index (χ4n) is 4.26. The number of pyridine rings is 1. The first-order valence-corrected chi connectivity index (χ1v) is 10.0. The predicted molar refractivity (Wildman–Crippen MR) is 111 cm³/mol. The molecule has 0 fully saturated rings. The molecule has 1 aliphatic carbocycles. The standard InChI is InChI=1S/C23H29N3O2/c1-15(2)13-19(26-14-25-22-18(26)7-6-12-24-22)16-8-9-20-17(21(16)27-5)10-11-23(3,4)28-20/h6-12,14-15,17,19-20H,13H2,1-5H3. The van der Waals surface area contributed by atoms with Gasteiger partial charge < -0.3 is 14.0 Å². The predicted octanol–water partition coefficient (Wildman–Crippen LogP) is 4.84. The number of imidazole rings is 1.